The lowest BCUT2D eigenvalue weighted by molar-refractivity contribution is -0.137. The van der Waals surface area contributed by atoms with Crippen molar-refractivity contribution in [3.05, 3.63) is 94.2 Å². The number of nitrogens with zero attached hydrogens (tertiary/aromatic N) is 4. The number of halogens is 3. The SMILES string of the molecule is Cc1ccc(NC(=O)c2cccc(C(F)(F)F)c2)c(C)c1Nc1nn(C)c2nc(Nc3ccc4c(c3)CNCC4)ncc12. The average molecular weight is 587 g/mol. The normalized spacial score (nSPS) is 13.1. The molecule has 0 spiro atoms. The number of aromatic nitrogens is 4. The molecule has 6 rings (SSSR count). The van der Waals surface area contributed by atoms with Crippen molar-refractivity contribution in [1.29, 1.82) is 0 Å². The van der Waals surface area contributed by atoms with E-state index in [-0.39, 0.29) is 5.56 Å². The summed E-state index contributed by atoms with van der Waals surface area (Å²) in [5.41, 5.74) is 5.87. The van der Waals surface area contributed by atoms with Gasteiger partial charge in [0.25, 0.3) is 5.91 Å². The third-order valence-corrected chi connectivity index (χ3v) is 7.55. The Morgan fingerprint density at radius 1 is 1.02 bits per heavy atom. The first-order valence-corrected chi connectivity index (χ1v) is 13.7. The lowest BCUT2D eigenvalue weighted by Gasteiger charge is -2.18. The van der Waals surface area contributed by atoms with E-state index in [4.69, 9.17) is 0 Å². The van der Waals surface area contributed by atoms with Gasteiger partial charge in [-0.1, -0.05) is 18.2 Å². The average Bonchev–Trinajstić information content (AvgIpc) is 3.30. The highest BCUT2D eigenvalue weighted by molar-refractivity contribution is 6.05. The molecular formula is C31H29F3N8O. The summed E-state index contributed by atoms with van der Waals surface area (Å²) in [6.07, 6.45) is -1.84. The molecule has 0 saturated heterocycles. The van der Waals surface area contributed by atoms with E-state index in [9.17, 15) is 18.0 Å². The molecule has 0 fully saturated rings. The number of aryl methyl sites for hydroxylation is 2. The van der Waals surface area contributed by atoms with Gasteiger partial charge in [-0.15, -0.1) is 0 Å². The molecule has 0 unspecified atom stereocenters. The summed E-state index contributed by atoms with van der Waals surface area (Å²) >= 11 is 0. The summed E-state index contributed by atoms with van der Waals surface area (Å²) < 4.78 is 41.1. The van der Waals surface area contributed by atoms with Crippen molar-refractivity contribution in [3.8, 4) is 0 Å². The summed E-state index contributed by atoms with van der Waals surface area (Å²) in [4.78, 5) is 22.1. The molecule has 5 aromatic rings. The van der Waals surface area contributed by atoms with E-state index in [0.29, 0.717) is 39.7 Å². The first-order valence-electron chi connectivity index (χ1n) is 13.7. The van der Waals surface area contributed by atoms with Crippen molar-refractivity contribution < 1.29 is 18.0 Å². The number of carbonyl (C=O) groups excluding carboxylic acids is 1. The van der Waals surface area contributed by atoms with Crippen LogP contribution in [0.3, 0.4) is 0 Å². The van der Waals surface area contributed by atoms with Crippen molar-refractivity contribution in [2.45, 2.75) is 33.0 Å². The van der Waals surface area contributed by atoms with Crippen LogP contribution in [-0.2, 0) is 26.2 Å². The highest BCUT2D eigenvalue weighted by atomic mass is 19.4. The number of anilines is 5. The van der Waals surface area contributed by atoms with Crippen LogP contribution in [-0.4, -0.2) is 32.2 Å². The fourth-order valence-corrected chi connectivity index (χ4v) is 5.20. The number of hydrogen-bond acceptors (Lipinski definition) is 7. The molecule has 220 valence electrons. The zero-order chi connectivity index (χ0) is 30.3. The number of carbonyl (C=O) groups is 1. The minimum absolute atomic E-state index is 0.0892. The smallest absolute Gasteiger partial charge is 0.338 e. The van der Waals surface area contributed by atoms with Gasteiger partial charge in [0.1, 0.15) is 0 Å². The summed E-state index contributed by atoms with van der Waals surface area (Å²) in [6, 6.07) is 14.1. The van der Waals surface area contributed by atoms with E-state index in [2.05, 4.69) is 48.5 Å². The molecule has 1 amide bonds. The van der Waals surface area contributed by atoms with Crippen LogP contribution in [0.4, 0.5) is 42.0 Å². The molecule has 12 heteroatoms. The van der Waals surface area contributed by atoms with Gasteiger partial charge in [0, 0.05) is 42.4 Å². The number of fused-ring (bicyclic) bond motifs is 2. The van der Waals surface area contributed by atoms with E-state index >= 15 is 0 Å². The number of hydrogen-bond donors (Lipinski definition) is 4. The van der Waals surface area contributed by atoms with Crippen molar-refractivity contribution in [1.82, 2.24) is 25.1 Å². The van der Waals surface area contributed by atoms with Crippen molar-refractivity contribution in [2.24, 2.45) is 7.05 Å². The van der Waals surface area contributed by atoms with Gasteiger partial charge in [-0.2, -0.15) is 23.3 Å². The van der Waals surface area contributed by atoms with Gasteiger partial charge in [0.15, 0.2) is 11.5 Å². The summed E-state index contributed by atoms with van der Waals surface area (Å²) in [6.45, 7) is 5.53. The van der Waals surface area contributed by atoms with E-state index < -0.39 is 17.6 Å². The minimum atomic E-state index is -4.54. The Labute approximate surface area is 245 Å². The Hall–Kier alpha value is -4.97. The van der Waals surface area contributed by atoms with Crippen LogP contribution in [0.25, 0.3) is 11.0 Å². The van der Waals surface area contributed by atoms with Gasteiger partial charge < -0.3 is 21.3 Å². The van der Waals surface area contributed by atoms with E-state index in [1.807, 2.05) is 26.0 Å². The third kappa shape index (κ3) is 5.73. The van der Waals surface area contributed by atoms with Gasteiger partial charge in [-0.25, -0.2) is 9.67 Å². The zero-order valence-electron chi connectivity index (χ0n) is 23.7. The maximum absolute atomic E-state index is 13.2. The number of benzene rings is 3. The second-order valence-electron chi connectivity index (χ2n) is 10.5. The molecular weight excluding hydrogens is 557 g/mol. The fourth-order valence-electron chi connectivity index (χ4n) is 5.20. The topological polar surface area (TPSA) is 109 Å². The Balaban J connectivity index is 1.24. The second-order valence-corrected chi connectivity index (χ2v) is 10.5. The molecule has 0 atom stereocenters. The van der Waals surface area contributed by atoms with Gasteiger partial charge >= 0.3 is 6.18 Å². The lowest BCUT2D eigenvalue weighted by Crippen LogP contribution is -2.23. The van der Waals surface area contributed by atoms with Crippen LogP contribution in [0.5, 0.6) is 0 Å². The van der Waals surface area contributed by atoms with E-state index in [0.717, 1.165) is 42.9 Å². The monoisotopic (exact) mass is 586 g/mol. The highest BCUT2D eigenvalue weighted by Crippen LogP contribution is 2.34. The molecule has 0 bridgehead atoms. The Kier molecular flexibility index (Phi) is 7.22. The molecule has 1 aliphatic heterocycles. The van der Waals surface area contributed by atoms with Gasteiger partial charge in [-0.05, 0) is 85.5 Å². The second kappa shape index (κ2) is 11.0. The molecule has 1 aliphatic rings. The molecule has 43 heavy (non-hydrogen) atoms. The number of nitrogens with one attached hydrogen (secondary N) is 4. The Morgan fingerprint density at radius 3 is 2.67 bits per heavy atom. The quantitative estimate of drug-likeness (QED) is 0.183. The standard InChI is InChI=1S/C31H29F3N8O/c1-17-7-10-25(38-29(43)20-5-4-6-22(13-20)31(32,33)34)18(2)26(17)39-27-24-16-36-30(40-28(24)42(3)41-27)37-23-9-8-19-11-12-35-15-21(19)14-23/h4-10,13-14,16,35H,11-12,15H2,1-3H3,(H,38,43)(H,39,41)(H,36,37,40). The first-order chi connectivity index (χ1) is 20.6. The Bertz CT molecular complexity index is 1860. The molecule has 3 aromatic carbocycles. The maximum Gasteiger partial charge on any atom is 0.416 e. The predicted octanol–water partition coefficient (Wildman–Crippen LogP) is 6.38. The number of amides is 1. The van der Waals surface area contributed by atoms with Crippen LogP contribution in [0.1, 0.15) is 38.2 Å². The molecule has 0 radical (unpaired) electrons. The van der Waals surface area contributed by atoms with E-state index in [1.165, 1.54) is 23.3 Å². The van der Waals surface area contributed by atoms with Gasteiger partial charge in [0.2, 0.25) is 5.95 Å². The predicted molar refractivity (Wildman–Crippen MR) is 160 cm³/mol. The van der Waals surface area contributed by atoms with Crippen LogP contribution in [0.15, 0.2) is 60.8 Å². The van der Waals surface area contributed by atoms with Crippen LogP contribution in [0.2, 0.25) is 0 Å². The third-order valence-electron chi connectivity index (χ3n) is 7.55. The van der Waals surface area contributed by atoms with Crippen molar-refractivity contribution >= 4 is 45.8 Å². The molecule has 4 N–H and O–H groups in total. The van der Waals surface area contributed by atoms with Crippen molar-refractivity contribution in [2.75, 3.05) is 22.5 Å². The largest absolute Gasteiger partial charge is 0.416 e. The molecule has 3 heterocycles. The number of rotatable bonds is 6. The molecule has 0 saturated carbocycles. The lowest BCUT2D eigenvalue weighted by atomic mass is 10.0. The Morgan fingerprint density at radius 2 is 1.86 bits per heavy atom. The molecule has 9 nitrogen and oxygen atoms in total. The highest BCUT2D eigenvalue weighted by Gasteiger charge is 2.31. The molecule has 2 aromatic heterocycles. The summed E-state index contributed by atoms with van der Waals surface area (Å²) in [7, 11) is 1.79. The first kappa shape index (κ1) is 28.2. The molecule has 0 aliphatic carbocycles. The zero-order valence-corrected chi connectivity index (χ0v) is 23.7. The van der Waals surface area contributed by atoms with Crippen molar-refractivity contribution in [3.63, 3.8) is 0 Å². The van der Waals surface area contributed by atoms with Crippen LogP contribution in [0, 0.1) is 13.8 Å². The van der Waals surface area contributed by atoms with E-state index in [1.54, 1.807) is 24.0 Å². The maximum atomic E-state index is 13.2. The van der Waals surface area contributed by atoms with Crippen LogP contribution < -0.4 is 21.3 Å². The van der Waals surface area contributed by atoms with Gasteiger partial charge in [0.05, 0.1) is 10.9 Å². The van der Waals surface area contributed by atoms with Gasteiger partial charge in [-0.3, -0.25) is 4.79 Å². The van der Waals surface area contributed by atoms with Crippen LogP contribution >= 0.6 is 0 Å². The minimum Gasteiger partial charge on any atom is -0.338 e. The number of alkyl halides is 3. The fraction of sp³-hybridized carbons (Fsp3) is 0.226. The summed E-state index contributed by atoms with van der Waals surface area (Å²) in [5, 5.41) is 18.1. The summed E-state index contributed by atoms with van der Waals surface area (Å²) in [5.74, 6) is 0.324.